The van der Waals surface area contributed by atoms with Gasteiger partial charge < -0.3 is 5.32 Å². The Kier molecular flexibility index (Phi) is 3.19. The molecule has 1 fully saturated rings. The molecule has 0 atom stereocenters. The number of aromatic nitrogens is 4. The first-order valence-corrected chi connectivity index (χ1v) is 6.97. The first-order chi connectivity index (χ1) is 9.31. The summed E-state index contributed by atoms with van der Waals surface area (Å²) >= 11 is 0. The Morgan fingerprint density at radius 2 is 2.16 bits per heavy atom. The fraction of sp³-hybridized carbons (Fsp3) is 0.500. The SMILES string of the molecule is CCNc1cc(-n2ccnc2CC)nc(C2CC2)n1. The highest BCUT2D eigenvalue weighted by Crippen LogP contribution is 2.38. The van der Waals surface area contributed by atoms with Crippen LogP contribution in [0.15, 0.2) is 18.5 Å². The van der Waals surface area contributed by atoms with E-state index in [0.29, 0.717) is 5.92 Å². The summed E-state index contributed by atoms with van der Waals surface area (Å²) in [6.07, 6.45) is 7.10. The van der Waals surface area contributed by atoms with Crippen molar-refractivity contribution in [1.82, 2.24) is 19.5 Å². The molecule has 3 rings (SSSR count). The Morgan fingerprint density at radius 3 is 2.84 bits per heavy atom. The smallest absolute Gasteiger partial charge is 0.143 e. The molecule has 0 spiro atoms. The number of nitrogens with one attached hydrogen (secondary N) is 1. The zero-order valence-electron chi connectivity index (χ0n) is 11.4. The van der Waals surface area contributed by atoms with Gasteiger partial charge in [-0.2, -0.15) is 0 Å². The van der Waals surface area contributed by atoms with Gasteiger partial charge in [-0.25, -0.2) is 15.0 Å². The third-order valence-corrected chi connectivity index (χ3v) is 3.31. The molecule has 0 bridgehead atoms. The van der Waals surface area contributed by atoms with Crippen LogP contribution < -0.4 is 5.32 Å². The monoisotopic (exact) mass is 257 g/mol. The number of anilines is 1. The van der Waals surface area contributed by atoms with Gasteiger partial charge in [-0.15, -0.1) is 0 Å². The lowest BCUT2D eigenvalue weighted by Gasteiger charge is -2.10. The standard InChI is InChI=1S/C14H19N5/c1-3-12-16-7-8-19(12)13-9-11(15-4-2)17-14(18-13)10-5-6-10/h7-10H,3-6H2,1-2H3,(H,15,17,18). The van der Waals surface area contributed by atoms with Crippen molar-refractivity contribution in [2.45, 2.75) is 39.0 Å². The van der Waals surface area contributed by atoms with Crippen LogP contribution >= 0.6 is 0 Å². The molecule has 2 aromatic rings. The maximum atomic E-state index is 4.70. The van der Waals surface area contributed by atoms with E-state index in [1.807, 2.05) is 18.5 Å². The van der Waals surface area contributed by atoms with Crippen molar-refractivity contribution in [2.75, 3.05) is 11.9 Å². The van der Waals surface area contributed by atoms with Crippen LogP contribution in [0.3, 0.4) is 0 Å². The normalized spacial score (nSPS) is 14.6. The van der Waals surface area contributed by atoms with Gasteiger partial charge in [-0.3, -0.25) is 4.57 Å². The van der Waals surface area contributed by atoms with E-state index >= 15 is 0 Å². The number of hydrogen-bond donors (Lipinski definition) is 1. The van der Waals surface area contributed by atoms with E-state index in [1.54, 1.807) is 0 Å². The minimum Gasteiger partial charge on any atom is -0.370 e. The van der Waals surface area contributed by atoms with Crippen molar-refractivity contribution in [1.29, 1.82) is 0 Å². The fourth-order valence-corrected chi connectivity index (χ4v) is 2.18. The molecule has 5 nitrogen and oxygen atoms in total. The molecule has 0 unspecified atom stereocenters. The fourth-order valence-electron chi connectivity index (χ4n) is 2.18. The molecule has 2 heterocycles. The van der Waals surface area contributed by atoms with E-state index in [2.05, 4.69) is 33.7 Å². The van der Waals surface area contributed by atoms with Gasteiger partial charge in [0.25, 0.3) is 0 Å². The van der Waals surface area contributed by atoms with Gasteiger partial charge >= 0.3 is 0 Å². The number of aryl methyl sites for hydroxylation is 1. The average molecular weight is 257 g/mol. The summed E-state index contributed by atoms with van der Waals surface area (Å²) in [4.78, 5) is 13.7. The zero-order chi connectivity index (χ0) is 13.2. The van der Waals surface area contributed by atoms with Crippen molar-refractivity contribution in [2.24, 2.45) is 0 Å². The highest BCUT2D eigenvalue weighted by atomic mass is 15.2. The molecular formula is C14H19N5. The summed E-state index contributed by atoms with van der Waals surface area (Å²) in [6, 6.07) is 2.00. The molecule has 0 aliphatic heterocycles. The number of nitrogens with zero attached hydrogens (tertiary/aromatic N) is 4. The quantitative estimate of drug-likeness (QED) is 0.894. The lowest BCUT2D eigenvalue weighted by atomic mass is 10.3. The maximum Gasteiger partial charge on any atom is 0.143 e. The van der Waals surface area contributed by atoms with Gasteiger partial charge in [0.05, 0.1) is 0 Å². The largest absolute Gasteiger partial charge is 0.370 e. The minimum atomic E-state index is 0.547. The van der Waals surface area contributed by atoms with Crippen LogP contribution in [0.25, 0.3) is 5.82 Å². The van der Waals surface area contributed by atoms with Crippen LogP contribution in [0.2, 0.25) is 0 Å². The first-order valence-electron chi connectivity index (χ1n) is 6.97. The third-order valence-electron chi connectivity index (χ3n) is 3.31. The van der Waals surface area contributed by atoms with Crippen LogP contribution in [0.1, 0.15) is 44.3 Å². The summed E-state index contributed by atoms with van der Waals surface area (Å²) in [6.45, 7) is 5.05. The summed E-state index contributed by atoms with van der Waals surface area (Å²) < 4.78 is 2.05. The number of imidazole rings is 1. The predicted molar refractivity (Wildman–Crippen MR) is 74.7 cm³/mol. The van der Waals surface area contributed by atoms with Gasteiger partial charge in [-0.1, -0.05) is 6.92 Å². The van der Waals surface area contributed by atoms with Crippen molar-refractivity contribution < 1.29 is 0 Å². The molecule has 19 heavy (non-hydrogen) atoms. The topological polar surface area (TPSA) is 55.6 Å². The van der Waals surface area contributed by atoms with Gasteiger partial charge in [0.15, 0.2) is 0 Å². The summed E-state index contributed by atoms with van der Waals surface area (Å²) in [5, 5.41) is 3.29. The molecular weight excluding hydrogens is 238 g/mol. The Morgan fingerprint density at radius 1 is 1.32 bits per heavy atom. The highest BCUT2D eigenvalue weighted by Gasteiger charge is 2.27. The van der Waals surface area contributed by atoms with Crippen molar-refractivity contribution in [3.63, 3.8) is 0 Å². The summed E-state index contributed by atoms with van der Waals surface area (Å²) in [7, 11) is 0. The van der Waals surface area contributed by atoms with Gasteiger partial charge in [0, 0.05) is 37.3 Å². The van der Waals surface area contributed by atoms with Crippen molar-refractivity contribution in [3.8, 4) is 5.82 Å². The molecule has 1 aliphatic rings. The molecule has 1 aliphatic carbocycles. The molecule has 2 aromatic heterocycles. The maximum absolute atomic E-state index is 4.70. The van der Waals surface area contributed by atoms with E-state index < -0.39 is 0 Å². The van der Waals surface area contributed by atoms with Crippen LogP contribution in [0.4, 0.5) is 5.82 Å². The average Bonchev–Trinajstić information content (AvgIpc) is 3.16. The number of hydrogen-bond acceptors (Lipinski definition) is 4. The summed E-state index contributed by atoms with van der Waals surface area (Å²) in [5.41, 5.74) is 0. The molecule has 0 radical (unpaired) electrons. The lowest BCUT2D eigenvalue weighted by Crippen LogP contribution is -2.08. The molecule has 0 saturated heterocycles. The van der Waals surface area contributed by atoms with Crippen LogP contribution in [-0.2, 0) is 6.42 Å². The van der Waals surface area contributed by atoms with E-state index in [0.717, 1.165) is 36.3 Å². The zero-order valence-corrected chi connectivity index (χ0v) is 11.4. The molecule has 1 saturated carbocycles. The Labute approximate surface area is 113 Å². The number of rotatable bonds is 5. The first kappa shape index (κ1) is 12.1. The van der Waals surface area contributed by atoms with Crippen molar-refractivity contribution >= 4 is 5.82 Å². The Balaban J connectivity index is 2.04. The van der Waals surface area contributed by atoms with E-state index in [-0.39, 0.29) is 0 Å². The van der Waals surface area contributed by atoms with Gasteiger partial charge in [0.2, 0.25) is 0 Å². The second-order valence-corrected chi connectivity index (χ2v) is 4.84. The van der Waals surface area contributed by atoms with Crippen LogP contribution in [-0.4, -0.2) is 26.1 Å². The Bertz CT molecular complexity index is 571. The van der Waals surface area contributed by atoms with E-state index in [1.165, 1.54) is 12.8 Å². The Hall–Kier alpha value is -1.91. The molecule has 5 heteroatoms. The second-order valence-electron chi connectivity index (χ2n) is 4.84. The third kappa shape index (κ3) is 2.45. The highest BCUT2D eigenvalue weighted by molar-refractivity contribution is 5.43. The van der Waals surface area contributed by atoms with Crippen molar-refractivity contribution in [3.05, 3.63) is 30.1 Å². The lowest BCUT2D eigenvalue weighted by molar-refractivity contribution is 0.831. The second kappa shape index (κ2) is 4.99. The van der Waals surface area contributed by atoms with Gasteiger partial charge in [-0.05, 0) is 19.8 Å². The summed E-state index contributed by atoms with van der Waals surface area (Å²) in [5.74, 6) is 4.37. The van der Waals surface area contributed by atoms with E-state index in [4.69, 9.17) is 4.98 Å². The molecule has 100 valence electrons. The molecule has 1 N–H and O–H groups in total. The molecule has 0 aromatic carbocycles. The van der Waals surface area contributed by atoms with Crippen LogP contribution in [0.5, 0.6) is 0 Å². The minimum absolute atomic E-state index is 0.547. The van der Waals surface area contributed by atoms with Gasteiger partial charge in [0.1, 0.15) is 23.3 Å². The molecule has 0 amide bonds. The predicted octanol–water partition coefficient (Wildman–Crippen LogP) is 2.53. The van der Waals surface area contributed by atoms with Crippen LogP contribution in [0, 0.1) is 0 Å². The van der Waals surface area contributed by atoms with E-state index in [9.17, 15) is 0 Å².